The topological polar surface area (TPSA) is 63.4 Å². The van der Waals surface area contributed by atoms with Crippen molar-refractivity contribution in [2.45, 2.75) is 44.6 Å². The number of nitrogens with zero attached hydrogens (tertiary/aromatic N) is 1. The summed E-state index contributed by atoms with van der Waals surface area (Å²) in [7, 11) is -3.84. The molecule has 6 heteroatoms. The summed E-state index contributed by atoms with van der Waals surface area (Å²) in [5.74, 6) is -0.450. The van der Waals surface area contributed by atoms with Gasteiger partial charge in [0.25, 0.3) is 0 Å². The van der Waals surface area contributed by atoms with Gasteiger partial charge in [0.2, 0.25) is 10.0 Å². The van der Waals surface area contributed by atoms with Crippen LogP contribution in [0.3, 0.4) is 0 Å². The van der Waals surface area contributed by atoms with Gasteiger partial charge in [0.15, 0.2) is 0 Å². The Morgan fingerprint density at radius 2 is 1.95 bits per heavy atom. The minimum Gasteiger partial charge on any atom is -0.398 e. The van der Waals surface area contributed by atoms with Gasteiger partial charge in [0.05, 0.1) is 0 Å². The molecule has 0 bridgehead atoms. The molecular weight excluding hydrogens is 279 g/mol. The number of nitrogens with two attached hydrogens (primary N) is 1. The first-order valence-electron chi connectivity index (χ1n) is 6.81. The first-order valence-corrected chi connectivity index (χ1v) is 8.25. The van der Waals surface area contributed by atoms with Crippen LogP contribution in [0.5, 0.6) is 0 Å². The van der Waals surface area contributed by atoms with Gasteiger partial charge in [-0.25, -0.2) is 12.8 Å². The monoisotopic (exact) mass is 300 g/mol. The van der Waals surface area contributed by atoms with Crippen molar-refractivity contribution in [2.75, 3.05) is 12.3 Å². The second-order valence-electron chi connectivity index (χ2n) is 5.75. The van der Waals surface area contributed by atoms with Crippen LogP contribution < -0.4 is 5.73 Å². The standard InChI is InChI=1S/C14H21FN2O2S/c1-9-4-5-11(3)17(8-9)20(18,19)14-7-13(16)10(2)6-12(14)15/h6-7,9,11H,4-5,8,16H2,1-3H3. The molecule has 0 amide bonds. The van der Waals surface area contributed by atoms with Crippen LogP contribution >= 0.6 is 0 Å². The van der Waals surface area contributed by atoms with Crippen LogP contribution in [0, 0.1) is 18.7 Å². The first kappa shape index (κ1) is 15.3. The molecule has 0 saturated carbocycles. The summed E-state index contributed by atoms with van der Waals surface area (Å²) in [4.78, 5) is -0.318. The third-order valence-corrected chi connectivity index (χ3v) is 5.96. The molecule has 2 N–H and O–H groups in total. The van der Waals surface area contributed by atoms with Crippen LogP contribution in [0.15, 0.2) is 17.0 Å². The van der Waals surface area contributed by atoms with E-state index in [1.54, 1.807) is 6.92 Å². The number of anilines is 1. The largest absolute Gasteiger partial charge is 0.398 e. The zero-order chi connectivity index (χ0) is 15.1. The van der Waals surface area contributed by atoms with Crippen molar-refractivity contribution in [3.05, 3.63) is 23.5 Å². The molecule has 4 nitrogen and oxygen atoms in total. The van der Waals surface area contributed by atoms with Gasteiger partial charge in [-0.15, -0.1) is 0 Å². The molecule has 1 aromatic carbocycles. The van der Waals surface area contributed by atoms with Crippen LogP contribution in [-0.2, 0) is 10.0 Å². The SMILES string of the molecule is Cc1cc(F)c(S(=O)(=O)N2CC(C)CCC2C)cc1N. The van der Waals surface area contributed by atoms with Crippen LogP contribution in [0.2, 0.25) is 0 Å². The lowest BCUT2D eigenvalue weighted by molar-refractivity contribution is 0.217. The Kier molecular flexibility index (Phi) is 4.07. The molecule has 0 aliphatic carbocycles. The minimum atomic E-state index is -3.84. The highest BCUT2D eigenvalue weighted by molar-refractivity contribution is 7.89. The predicted octanol–water partition coefficient (Wildman–Crippen LogP) is 2.53. The molecule has 1 aliphatic rings. The van der Waals surface area contributed by atoms with Crippen molar-refractivity contribution in [3.63, 3.8) is 0 Å². The molecule has 1 saturated heterocycles. The van der Waals surface area contributed by atoms with Gasteiger partial charge in [0, 0.05) is 18.3 Å². The number of piperidine rings is 1. The van der Waals surface area contributed by atoms with E-state index in [1.807, 2.05) is 13.8 Å². The van der Waals surface area contributed by atoms with E-state index in [9.17, 15) is 12.8 Å². The Balaban J connectivity index is 2.47. The third kappa shape index (κ3) is 2.67. The van der Waals surface area contributed by atoms with Gasteiger partial charge in [-0.05, 0) is 50.3 Å². The zero-order valence-electron chi connectivity index (χ0n) is 12.1. The summed E-state index contributed by atoms with van der Waals surface area (Å²) < 4.78 is 40.8. The fraction of sp³-hybridized carbons (Fsp3) is 0.571. The Hall–Kier alpha value is -1.14. The van der Waals surface area contributed by atoms with E-state index in [4.69, 9.17) is 5.73 Å². The van der Waals surface area contributed by atoms with Gasteiger partial charge in [-0.3, -0.25) is 0 Å². The van der Waals surface area contributed by atoms with E-state index in [0.717, 1.165) is 12.8 Å². The average molecular weight is 300 g/mol. The number of benzene rings is 1. The molecule has 112 valence electrons. The molecule has 1 aliphatic heterocycles. The van der Waals surface area contributed by atoms with E-state index >= 15 is 0 Å². The van der Waals surface area contributed by atoms with E-state index in [0.29, 0.717) is 17.8 Å². The van der Waals surface area contributed by atoms with Crippen molar-refractivity contribution in [2.24, 2.45) is 5.92 Å². The lowest BCUT2D eigenvalue weighted by Gasteiger charge is -2.35. The van der Waals surface area contributed by atoms with E-state index < -0.39 is 15.8 Å². The summed E-state index contributed by atoms with van der Waals surface area (Å²) in [5.41, 5.74) is 6.57. The van der Waals surface area contributed by atoms with Crippen LogP contribution in [0.4, 0.5) is 10.1 Å². The molecule has 2 rings (SSSR count). The smallest absolute Gasteiger partial charge is 0.246 e. The summed E-state index contributed by atoms with van der Waals surface area (Å²) in [6, 6.07) is 2.30. The van der Waals surface area contributed by atoms with Crippen molar-refractivity contribution in [1.82, 2.24) is 4.31 Å². The number of rotatable bonds is 2. The summed E-state index contributed by atoms with van der Waals surface area (Å²) >= 11 is 0. The lowest BCUT2D eigenvalue weighted by Crippen LogP contribution is -2.45. The maximum atomic E-state index is 14.0. The third-order valence-electron chi connectivity index (χ3n) is 3.97. The van der Waals surface area contributed by atoms with Crippen molar-refractivity contribution < 1.29 is 12.8 Å². The van der Waals surface area contributed by atoms with E-state index in [-0.39, 0.29) is 16.9 Å². The summed E-state index contributed by atoms with van der Waals surface area (Å²) in [5, 5.41) is 0. The molecule has 0 aromatic heterocycles. The molecule has 2 atom stereocenters. The van der Waals surface area contributed by atoms with Crippen LogP contribution in [0.25, 0.3) is 0 Å². The lowest BCUT2D eigenvalue weighted by atomic mass is 9.97. The normalized spacial score (nSPS) is 24.8. The molecule has 2 unspecified atom stereocenters. The highest BCUT2D eigenvalue weighted by Gasteiger charge is 2.35. The molecular formula is C14H21FN2O2S. The van der Waals surface area contributed by atoms with Crippen LogP contribution in [0.1, 0.15) is 32.3 Å². The molecule has 20 heavy (non-hydrogen) atoms. The number of nitrogen functional groups attached to an aromatic ring is 1. The van der Waals surface area contributed by atoms with E-state index in [1.165, 1.54) is 16.4 Å². The Labute approximate surface area is 119 Å². The number of aryl methyl sites for hydroxylation is 1. The Morgan fingerprint density at radius 3 is 2.60 bits per heavy atom. The summed E-state index contributed by atoms with van der Waals surface area (Å²) in [6.07, 6.45) is 1.79. The molecule has 0 spiro atoms. The number of hydrogen-bond acceptors (Lipinski definition) is 3. The van der Waals surface area contributed by atoms with Crippen molar-refractivity contribution in [3.8, 4) is 0 Å². The molecule has 0 radical (unpaired) electrons. The number of hydrogen-bond donors (Lipinski definition) is 1. The van der Waals surface area contributed by atoms with Crippen molar-refractivity contribution >= 4 is 15.7 Å². The zero-order valence-corrected chi connectivity index (χ0v) is 12.9. The van der Waals surface area contributed by atoms with Gasteiger partial charge in [-0.2, -0.15) is 4.31 Å². The van der Waals surface area contributed by atoms with Gasteiger partial charge >= 0.3 is 0 Å². The molecule has 1 fully saturated rings. The highest BCUT2D eigenvalue weighted by Crippen LogP contribution is 2.30. The Morgan fingerprint density at radius 1 is 1.30 bits per heavy atom. The van der Waals surface area contributed by atoms with E-state index in [2.05, 4.69) is 0 Å². The number of halogens is 1. The predicted molar refractivity (Wildman–Crippen MR) is 77.3 cm³/mol. The quantitative estimate of drug-likeness (QED) is 0.854. The minimum absolute atomic E-state index is 0.113. The fourth-order valence-electron chi connectivity index (χ4n) is 2.58. The first-order chi connectivity index (χ1) is 9.23. The maximum absolute atomic E-state index is 14.0. The summed E-state index contributed by atoms with van der Waals surface area (Å²) in [6.45, 7) is 5.95. The Bertz CT molecular complexity index is 616. The van der Waals surface area contributed by atoms with Gasteiger partial charge < -0.3 is 5.73 Å². The maximum Gasteiger partial charge on any atom is 0.246 e. The fourth-order valence-corrected chi connectivity index (χ4v) is 4.44. The highest BCUT2D eigenvalue weighted by atomic mass is 32.2. The molecule has 1 aromatic rings. The average Bonchev–Trinajstić information content (AvgIpc) is 2.36. The second kappa shape index (κ2) is 5.33. The van der Waals surface area contributed by atoms with Crippen LogP contribution in [-0.4, -0.2) is 25.3 Å². The van der Waals surface area contributed by atoms with Gasteiger partial charge in [-0.1, -0.05) is 6.92 Å². The number of sulfonamides is 1. The molecule has 1 heterocycles. The second-order valence-corrected chi connectivity index (χ2v) is 7.60. The van der Waals surface area contributed by atoms with Gasteiger partial charge in [0.1, 0.15) is 10.7 Å². The van der Waals surface area contributed by atoms with Crippen molar-refractivity contribution in [1.29, 1.82) is 0 Å².